The largest absolute Gasteiger partial charge is 0.478 e. The van der Waals surface area contributed by atoms with Crippen molar-refractivity contribution in [3.63, 3.8) is 0 Å². The highest BCUT2D eigenvalue weighted by molar-refractivity contribution is 6.01. The minimum atomic E-state index is -1.43. The van der Waals surface area contributed by atoms with Gasteiger partial charge in [0.2, 0.25) is 0 Å². The predicted octanol–water partition coefficient (Wildman–Crippen LogP) is 4.30. The van der Waals surface area contributed by atoms with Gasteiger partial charge in [-0.2, -0.15) is 0 Å². The Morgan fingerprint density at radius 2 is 1.85 bits per heavy atom. The van der Waals surface area contributed by atoms with Gasteiger partial charge in [-0.1, -0.05) is 12.1 Å². The molecule has 2 fully saturated rings. The van der Waals surface area contributed by atoms with Crippen molar-refractivity contribution in [3.05, 3.63) is 76.8 Å². The first-order chi connectivity index (χ1) is 18.7. The van der Waals surface area contributed by atoms with Gasteiger partial charge >= 0.3 is 18.0 Å². The fourth-order valence-corrected chi connectivity index (χ4v) is 6.06. The van der Waals surface area contributed by atoms with Crippen LogP contribution in [0.15, 0.2) is 53.9 Å². The molecule has 3 aliphatic rings. The number of hydrogen-bond donors (Lipinski definition) is 3. The van der Waals surface area contributed by atoms with E-state index >= 15 is 0 Å². The van der Waals surface area contributed by atoms with Gasteiger partial charge in [-0.15, -0.1) is 0 Å². The summed E-state index contributed by atoms with van der Waals surface area (Å²) in [5.74, 6) is -3.25. The molecule has 2 aromatic rings. The lowest BCUT2D eigenvalue weighted by Gasteiger charge is -2.36. The number of urea groups is 2. The molecule has 3 heterocycles. The summed E-state index contributed by atoms with van der Waals surface area (Å²) in [7, 11) is 0. The van der Waals surface area contributed by atoms with E-state index in [1.165, 1.54) is 13.0 Å². The molecule has 0 spiro atoms. The van der Waals surface area contributed by atoms with E-state index in [4.69, 9.17) is 0 Å². The second kappa shape index (κ2) is 11.1. The number of nitrogens with zero attached hydrogens (tertiary/aromatic N) is 3. The molecule has 0 unspecified atom stereocenters. The fourth-order valence-electron chi connectivity index (χ4n) is 6.06. The van der Waals surface area contributed by atoms with E-state index in [0.717, 1.165) is 55.0 Å². The highest BCUT2D eigenvalue weighted by Crippen LogP contribution is 2.36. The van der Waals surface area contributed by atoms with Gasteiger partial charge in [-0.3, -0.25) is 9.88 Å². The van der Waals surface area contributed by atoms with Gasteiger partial charge in [0.15, 0.2) is 11.6 Å². The van der Waals surface area contributed by atoms with Gasteiger partial charge < -0.3 is 15.7 Å². The number of pyridine rings is 1. The number of hydrogen-bond acceptors (Lipinski definition) is 5. The van der Waals surface area contributed by atoms with Gasteiger partial charge in [0.25, 0.3) is 0 Å². The smallest absolute Gasteiger partial charge is 0.335 e. The third-order valence-electron chi connectivity index (χ3n) is 8.02. The Morgan fingerprint density at radius 1 is 1.08 bits per heavy atom. The number of halogens is 2. The number of carboxylic acids is 1. The Labute approximate surface area is 224 Å². The maximum Gasteiger partial charge on any atom is 0.335 e. The molecule has 1 saturated heterocycles. The van der Waals surface area contributed by atoms with Crippen molar-refractivity contribution in [2.45, 2.75) is 63.1 Å². The van der Waals surface area contributed by atoms with Crippen LogP contribution in [0.25, 0.3) is 0 Å². The Morgan fingerprint density at radius 3 is 2.51 bits per heavy atom. The van der Waals surface area contributed by atoms with E-state index in [-0.39, 0.29) is 22.9 Å². The van der Waals surface area contributed by atoms with E-state index in [1.54, 1.807) is 0 Å². The Balaban J connectivity index is 1.27. The summed E-state index contributed by atoms with van der Waals surface area (Å²) in [5, 5.41) is 15.1. The van der Waals surface area contributed by atoms with Crippen molar-refractivity contribution in [3.8, 4) is 0 Å². The fraction of sp³-hybridized carbons (Fsp3) is 0.429. The number of likely N-dealkylation sites (tertiary alicyclic amines) is 1. The SMILES string of the molecule is CC1=C(C(=O)O)[C@H](c2ccc(F)c(F)c2)N(C(=O)N[C@@H]2CCN([C@H]3CC[C@H](c4ccccn4)CC3)C2)C(=O)N1. The molecule has 39 heavy (non-hydrogen) atoms. The monoisotopic (exact) mass is 539 g/mol. The molecule has 4 amide bonds. The van der Waals surface area contributed by atoms with Crippen LogP contribution in [0.2, 0.25) is 0 Å². The molecular formula is C28H31F2N5O4. The van der Waals surface area contributed by atoms with Crippen LogP contribution in [-0.2, 0) is 4.79 Å². The highest BCUT2D eigenvalue weighted by Gasteiger charge is 2.43. The summed E-state index contributed by atoms with van der Waals surface area (Å²) in [6.45, 7) is 2.79. The molecule has 11 heteroatoms. The number of amides is 4. The first-order valence-electron chi connectivity index (χ1n) is 13.2. The van der Waals surface area contributed by atoms with E-state index in [0.29, 0.717) is 24.9 Å². The maximum absolute atomic E-state index is 14.1. The standard InChI is InChI=1S/C28H31F2N5O4/c1-16-24(26(36)37)25(18-7-10-21(29)22(30)14-18)35(27(38)32-16)28(39)33-19-11-13-34(15-19)20-8-5-17(6-9-20)23-4-2-3-12-31-23/h2-4,7,10,12,14,17,19-20,25H,5-6,8-9,11,13,15H2,1H3,(H,32,38)(H,33,39)(H,36,37)/t17-,19-,20-,25+/m1/s1. The molecule has 0 bridgehead atoms. The Bertz CT molecular complexity index is 1300. The molecule has 1 aliphatic carbocycles. The molecule has 3 N–H and O–H groups in total. The summed E-state index contributed by atoms with van der Waals surface area (Å²) in [5.41, 5.74) is 0.837. The number of carbonyl (C=O) groups excluding carboxylic acids is 2. The molecule has 206 valence electrons. The molecule has 9 nitrogen and oxygen atoms in total. The van der Waals surface area contributed by atoms with Crippen molar-refractivity contribution in [1.29, 1.82) is 0 Å². The molecule has 0 radical (unpaired) electrons. The van der Waals surface area contributed by atoms with Crippen molar-refractivity contribution in [2.24, 2.45) is 0 Å². The van der Waals surface area contributed by atoms with Crippen LogP contribution < -0.4 is 10.6 Å². The predicted molar refractivity (Wildman–Crippen MR) is 138 cm³/mol. The zero-order valence-corrected chi connectivity index (χ0v) is 21.6. The molecule has 2 aliphatic heterocycles. The van der Waals surface area contributed by atoms with E-state index in [1.807, 2.05) is 18.3 Å². The number of allylic oxidation sites excluding steroid dienone is 1. The van der Waals surface area contributed by atoms with Gasteiger partial charge in [0, 0.05) is 48.7 Å². The van der Waals surface area contributed by atoms with Crippen LogP contribution in [0.4, 0.5) is 18.4 Å². The van der Waals surface area contributed by atoms with Gasteiger partial charge in [0.05, 0.1) is 5.57 Å². The average molecular weight is 540 g/mol. The molecule has 1 aromatic heterocycles. The van der Waals surface area contributed by atoms with Crippen LogP contribution >= 0.6 is 0 Å². The lowest BCUT2D eigenvalue weighted by atomic mass is 9.83. The Kier molecular flexibility index (Phi) is 7.60. The number of rotatable bonds is 5. The first-order valence-corrected chi connectivity index (χ1v) is 13.2. The lowest BCUT2D eigenvalue weighted by molar-refractivity contribution is -0.133. The molecule has 5 rings (SSSR count). The minimum absolute atomic E-state index is 0.0200. The van der Waals surface area contributed by atoms with E-state index in [9.17, 15) is 28.3 Å². The summed E-state index contributed by atoms with van der Waals surface area (Å²) < 4.78 is 27.7. The molecule has 1 saturated carbocycles. The van der Waals surface area contributed by atoms with Gasteiger partial charge in [-0.05, 0) is 68.9 Å². The van der Waals surface area contributed by atoms with Gasteiger partial charge in [-0.25, -0.2) is 28.1 Å². The molecule has 1 aromatic carbocycles. The van der Waals surface area contributed by atoms with Crippen molar-refractivity contribution in [2.75, 3.05) is 13.1 Å². The summed E-state index contributed by atoms with van der Waals surface area (Å²) in [4.78, 5) is 46.0. The number of carboxylic acid groups (broad SMARTS) is 1. The van der Waals surface area contributed by atoms with Crippen LogP contribution in [0.1, 0.15) is 62.2 Å². The van der Waals surface area contributed by atoms with Crippen molar-refractivity contribution >= 4 is 18.0 Å². The highest BCUT2D eigenvalue weighted by atomic mass is 19.2. The van der Waals surface area contributed by atoms with Crippen LogP contribution in [-0.4, -0.2) is 63.1 Å². The zero-order chi connectivity index (χ0) is 27.7. The Hall–Kier alpha value is -3.86. The number of benzene rings is 1. The van der Waals surface area contributed by atoms with Crippen molar-refractivity contribution in [1.82, 2.24) is 25.4 Å². The molecular weight excluding hydrogens is 508 g/mol. The maximum atomic E-state index is 14.1. The van der Waals surface area contributed by atoms with E-state index < -0.39 is 35.7 Å². The first kappa shape index (κ1) is 26.7. The normalized spacial score (nSPS) is 25.9. The minimum Gasteiger partial charge on any atom is -0.478 e. The molecule has 2 atom stereocenters. The number of aromatic nitrogens is 1. The van der Waals surface area contributed by atoms with Crippen LogP contribution in [0.3, 0.4) is 0 Å². The topological polar surface area (TPSA) is 115 Å². The second-order valence-electron chi connectivity index (χ2n) is 10.4. The number of carbonyl (C=O) groups is 3. The van der Waals surface area contributed by atoms with Gasteiger partial charge in [0.1, 0.15) is 6.04 Å². The summed E-state index contributed by atoms with van der Waals surface area (Å²) in [6.07, 6.45) is 6.65. The average Bonchev–Trinajstić information content (AvgIpc) is 3.38. The lowest BCUT2D eigenvalue weighted by Crippen LogP contribution is -2.56. The van der Waals surface area contributed by atoms with E-state index in [2.05, 4.69) is 26.6 Å². The number of nitrogens with one attached hydrogen (secondary N) is 2. The second-order valence-corrected chi connectivity index (χ2v) is 10.4. The number of imide groups is 1. The summed E-state index contributed by atoms with van der Waals surface area (Å²) in [6, 6.07) is 5.93. The van der Waals surface area contributed by atoms with Crippen molar-refractivity contribution < 1.29 is 28.3 Å². The zero-order valence-electron chi connectivity index (χ0n) is 21.6. The summed E-state index contributed by atoms with van der Waals surface area (Å²) >= 11 is 0. The third kappa shape index (κ3) is 5.49. The van der Waals surface area contributed by atoms with Crippen LogP contribution in [0.5, 0.6) is 0 Å². The van der Waals surface area contributed by atoms with Crippen LogP contribution in [0, 0.1) is 11.6 Å². The third-order valence-corrected chi connectivity index (χ3v) is 8.02. The quantitative estimate of drug-likeness (QED) is 0.522. The number of aliphatic carboxylic acids is 1.